The van der Waals surface area contributed by atoms with E-state index in [2.05, 4.69) is 26.6 Å². The molecule has 1 heterocycles. The summed E-state index contributed by atoms with van der Waals surface area (Å²) in [7, 11) is 1.32. The first-order valence-corrected chi connectivity index (χ1v) is 29.5. The van der Waals surface area contributed by atoms with Gasteiger partial charge in [-0.1, -0.05) is 81.4 Å². The number of benzene rings is 2. The van der Waals surface area contributed by atoms with Crippen LogP contribution in [0.2, 0.25) is 0 Å². The number of aliphatic hydroxyl groups is 5. The average molecular weight is 1230 g/mol. The van der Waals surface area contributed by atoms with Crippen molar-refractivity contribution < 1.29 is 98.2 Å². The minimum atomic E-state index is -2.24. The smallest absolute Gasteiger partial charge is 0.306 e. The molecule has 2 aliphatic carbocycles. The van der Waals surface area contributed by atoms with Gasteiger partial charge < -0.3 is 87.4 Å². The SMILES string of the molecule is CC(C)CC(=O)N[C@H](C(=O)N[C@H](C(=O)N[C@@H](CC(C)C)[C@@H](O)CC(=O)N[C@@H](C)C(=O)N[C@@H](CC(C)C)[C@@H](O)CC(=O)O)C(C)C)C(C)C.COc1cccc2c1C(=O)c1c(O)c3c(c(O)c1C2=O)C[C@@](O)(C(=O)CO)C[C@@H]3O[C@H]1C[C@H](N)[C@H](O)[C@H](C)O1. The molecule has 2 aromatic carbocycles. The van der Waals surface area contributed by atoms with Gasteiger partial charge in [-0.15, -0.1) is 0 Å². The van der Waals surface area contributed by atoms with E-state index in [0.717, 1.165) is 0 Å². The minimum absolute atomic E-state index is 0.0152. The Morgan fingerprint density at radius 1 is 0.713 bits per heavy atom. The van der Waals surface area contributed by atoms with E-state index in [1.807, 2.05) is 41.5 Å². The molecule has 486 valence electrons. The van der Waals surface area contributed by atoms with E-state index in [1.54, 1.807) is 34.6 Å². The lowest BCUT2D eigenvalue weighted by Crippen LogP contribution is -2.59. The van der Waals surface area contributed by atoms with Crippen LogP contribution in [0.5, 0.6) is 17.2 Å². The molecule has 0 bridgehead atoms. The molecule has 2 aromatic rings. The zero-order valence-corrected chi connectivity index (χ0v) is 52.0. The number of ketones is 3. The lowest BCUT2D eigenvalue weighted by atomic mass is 9.72. The molecule has 87 heavy (non-hydrogen) atoms. The van der Waals surface area contributed by atoms with E-state index in [9.17, 15) is 78.9 Å². The van der Waals surface area contributed by atoms with Crippen LogP contribution in [-0.4, -0.2) is 180 Å². The fourth-order valence-corrected chi connectivity index (χ4v) is 10.9. The van der Waals surface area contributed by atoms with E-state index in [1.165, 1.54) is 32.2 Å². The topological polar surface area (TPSA) is 429 Å². The summed E-state index contributed by atoms with van der Waals surface area (Å²) in [6, 6.07) is -0.979. The number of amides is 5. The van der Waals surface area contributed by atoms with Crippen molar-refractivity contribution >= 4 is 52.9 Å². The Labute approximate surface area is 507 Å². The molecule has 0 aromatic heterocycles. The van der Waals surface area contributed by atoms with Gasteiger partial charge in [-0.25, -0.2) is 0 Å². The van der Waals surface area contributed by atoms with Crippen molar-refractivity contribution in [1.29, 1.82) is 0 Å². The van der Waals surface area contributed by atoms with Crippen LogP contribution in [0.1, 0.15) is 177 Å². The quantitative estimate of drug-likeness (QED) is 0.0481. The summed E-state index contributed by atoms with van der Waals surface area (Å²) >= 11 is 0. The first kappa shape index (κ1) is 72.8. The molecular formula is C61H92N6O20. The number of carboxylic acid groups (broad SMARTS) is 1. The highest BCUT2D eigenvalue weighted by Gasteiger charge is 2.50. The molecule has 1 fully saturated rings. The van der Waals surface area contributed by atoms with Crippen LogP contribution in [0.4, 0.5) is 0 Å². The number of phenols is 2. The number of methoxy groups -OCH3 is 1. The maximum Gasteiger partial charge on any atom is 0.306 e. The molecule has 26 nitrogen and oxygen atoms in total. The van der Waals surface area contributed by atoms with Crippen LogP contribution in [0.3, 0.4) is 0 Å². The number of carbonyl (C=O) groups excluding carboxylic acids is 8. The van der Waals surface area contributed by atoms with Gasteiger partial charge in [0.1, 0.15) is 47.6 Å². The summed E-state index contributed by atoms with van der Waals surface area (Å²) in [4.78, 5) is 116. The maximum absolute atomic E-state index is 13.6. The normalized spacial score (nSPS) is 22.3. The number of phenolic OH excluding ortho intramolecular Hbond substituents is 2. The summed E-state index contributed by atoms with van der Waals surface area (Å²) in [5.41, 5.74) is 2.37. The molecule has 5 rings (SSSR count). The number of aromatic hydroxyl groups is 2. The number of nitrogens with one attached hydrogen (secondary N) is 5. The van der Waals surface area contributed by atoms with Crippen LogP contribution < -0.4 is 37.1 Å². The van der Waals surface area contributed by atoms with Crippen LogP contribution >= 0.6 is 0 Å². The van der Waals surface area contributed by atoms with E-state index < -0.39 is 181 Å². The summed E-state index contributed by atoms with van der Waals surface area (Å²) in [5.74, 6) is -8.02. The summed E-state index contributed by atoms with van der Waals surface area (Å²) < 4.78 is 17.0. The van der Waals surface area contributed by atoms with Crippen molar-refractivity contribution in [3.05, 3.63) is 51.6 Å². The van der Waals surface area contributed by atoms with Crippen LogP contribution in [0, 0.1) is 29.6 Å². The molecule has 1 aliphatic heterocycles. The third-order valence-corrected chi connectivity index (χ3v) is 15.5. The Bertz CT molecular complexity index is 2810. The number of hydrogen-bond acceptors (Lipinski definition) is 20. The van der Waals surface area contributed by atoms with Gasteiger partial charge in [0.2, 0.25) is 35.3 Å². The number of nitrogens with two attached hydrogens (primary N) is 1. The second kappa shape index (κ2) is 31.5. The second-order valence-electron chi connectivity index (χ2n) is 25.0. The highest BCUT2D eigenvalue weighted by Crippen LogP contribution is 2.52. The molecule has 15 N–H and O–H groups in total. The molecular weight excluding hydrogens is 1140 g/mol. The standard InChI is InChI=1S/C34H63N5O9.C27H29NO11/c1-17(2)12-23(37-33(47)31(21(9)10)39-34(48)30(20(7)8)38-27(42)14-19(5)6)25(40)15-28(43)35-22(11)32(46)36-24(13-18(3)4)26(41)16-29(44)45;1-10-22(31)13(28)6-17(38-10)39-15-8-27(36,16(30)9-29)7-12-19(15)26(35)21-20(24(12)33)23(32)11-4-3-5-14(37-2)18(11)25(21)34/h17-26,30-31,40-41H,12-16H2,1-11H3,(H,35,43)(H,36,46)(H,37,47)(H,38,42)(H,39,48)(H,44,45);3-5,10,13,15,17,22,29,31,33,35-36H,6-9,28H2,1-2H3/t22-,23-,24-,25-,26-,30-,31-;10-,13-,15-,17-,22+,27-/m00/s1. The van der Waals surface area contributed by atoms with Gasteiger partial charge in [0.05, 0.1) is 79.2 Å². The zero-order chi connectivity index (χ0) is 65.8. The van der Waals surface area contributed by atoms with Crippen molar-refractivity contribution in [2.45, 2.75) is 213 Å². The lowest BCUT2D eigenvalue weighted by molar-refractivity contribution is -0.247. The van der Waals surface area contributed by atoms with Crippen molar-refractivity contribution in [3.63, 3.8) is 0 Å². The number of carboxylic acids is 1. The fourth-order valence-electron chi connectivity index (χ4n) is 10.9. The Morgan fingerprint density at radius 2 is 1.24 bits per heavy atom. The monoisotopic (exact) mass is 1230 g/mol. The average Bonchev–Trinajstić information content (AvgIpc) is 0.918. The van der Waals surface area contributed by atoms with E-state index in [-0.39, 0.29) is 76.3 Å². The number of ether oxygens (including phenoxy) is 3. The second-order valence-corrected chi connectivity index (χ2v) is 25.0. The highest BCUT2D eigenvalue weighted by molar-refractivity contribution is 6.31. The Hall–Kier alpha value is -6.65. The third kappa shape index (κ3) is 18.7. The van der Waals surface area contributed by atoms with E-state index in [0.29, 0.717) is 12.8 Å². The number of carbonyl (C=O) groups is 9. The largest absolute Gasteiger partial charge is 0.507 e. The summed E-state index contributed by atoms with van der Waals surface area (Å²) in [6.07, 6.45) is -7.89. The van der Waals surface area contributed by atoms with Gasteiger partial charge in [0.25, 0.3) is 0 Å². The fraction of sp³-hybridized carbons (Fsp3) is 0.656. The van der Waals surface area contributed by atoms with Crippen molar-refractivity contribution in [2.75, 3.05) is 13.7 Å². The van der Waals surface area contributed by atoms with Crippen LogP contribution in [-0.2, 0) is 49.5 Å². The predicted molar refractivity (Wildman–Crippen MR) is 314 cm³/mol. The molecule has 5 amide bonds. The lowest BCUT2D eigenvalue weighted by Gasteiger charge is -2.42. The van der Waals surface area contributed by atoms with Gasteiger partial charge in [-0.2, -0.15) is 0 Å². The van der Waals surface area contributed by atoms with Crippen molar-refractivity contribution in [2.24, 2.45) is 35.3 Å². The Kier molecular flexibility index (Phi) is 26.4. The predicted octanol–water partition coefficient (Wildman–Crippen LogP) is 1.47. The van der Waals surface area contributed by atoms with Gasteiger partial charge in [-0.3, -0.25) is 43.2 Å². The summed E-state index contributed by atoms with van der Waals surface area (Å²) in [5, 5.41) is 97.6. The maximum atomic E-state index is 13.6. The van der Waals surface area contributed by atoms with E-state index >= 15 is 0 Å². The highest BCUT2D eigenvalue weighted by atomic mass is 16.7. The van der Waals surface area contributed by atoms with Gasteiger partial charge in [0.15, 0.2) is 17.9 Å². The third-order valence-electron chi connectivity index (χ3n) is 15.5. The van der Waals surface area contributed by atoms with Crippen LogP contribution in [0.15, 0.2) is 18.2 Å². The number of hydrogen-bond donors (Lipinski definition) is 14. The molecule has 0 spiro atoms. The molecule has 1 saturated heterocycles. The Morgan fingerprint density at radius 3 is 1.76 bits per heavy atom. The number of Topliss-reactive ketones (excluding diaryl/α,β-unsaturated/α-hetero) is 1. The molecule has 3 aliphatic rings. The van der Waals surface area contributed by atoms with Gasteiger partial charge in [0, 0.05) is 48.4 Å². The molecule has 0 saturated carbocycles. The number of aliphatic hydroxyl groups excluding tert-OH is 4. The number of rotatable bonds is 27. The van der Waals surface area contributed by atoms with Crippen molar-refractivity contribution in [3.8, 4) is 17.2 Å². The molecule has 13 atom stereocenters. The molecule has 26 heteroatoms. The van der Waals surface area contributed by atoms with Gasteiger partial charge >= 0.3 is 5.97 Å². The number of aliphatic carboxylic acids is 1. The first-order valence-electron chi connectivity index (χ1n) is 29.5. The van der Waals surface area contributed by atoms with Crippen LogP contribution in [0.25, 0.3) is 0 Å². The van der Waals surface area contributed by atoms with Crippen molar-refractivity contribution in [1.82, 2.24) is 26.6 Å². The number of fused-ring (bicyclic) bond motifs is 3. The van der Waals surface area contributed by atoms with Gasteiger partial charge in [-0.05, 0) is 62.3 Å². The molecule has 0 radical (unpaired) electrons. The zero-order valence-electron chi connectivity index (χ0n) is 52.0. The Balaban J connectivity index is 0.000000378. The molecule has 0 unspecified atom stereocenters. The first-order chi connectivity index (χ1) is 40.5. The minimum Gasteiger partial charge on any atom is -0.507 e. The van der Waals surface area contributed by atoms with E-state index in [4.69, 9.17) is 25.1 Å². The summed E-state index contributed by atoms with van der Waals surface area (Å²) in [6.45, 7) is 20.4.